The van der Waals surface area contributed by atoms with Crippen molar-refractivity contribution in [2.75, 3.05) is 12.4 Å². The first-order valence-electron chi connectivity index (χ1n) is 9.95. The van der Waals surface area contributed by atoms with E-state index in [-0.39, 0.29) is 11.1 Å². The van der Waals surface area contributed by atoms with E-state index in [4.69, 9.17) is 4.74 Å². The summed E-state index contributed by atoms with van der Waals surface area (Å²) in [4.78, 5) is 26.1. The zero-order chi connectivity index (χ0) is 23.1. The fourth-order valence-electron chi connectivity index (χ4n) is 3.84. The van der Waals surface area contributed by atoms with Gasteiger partial charge in [-0.2, -0.15) is 18.3 Å². The highest BCUT2D eigenvalue weighted by Gasteiger charge is 2.36. The van der Waals surface area contributed by atoms with Gasteiger partial charge in [-0.1, -0.05) is 20.8 Å². The number of carbonyl (C=O) groups is 2. The Bertz CT molecular complexity index is 1000. The van der Waals surface area contributed by atoms with Gasteiger partial charge in [-0.25, -0.2) is 4.79 Å². The molecule has 0 saturated heterocycles. The summed E-state index contributed by atoms with van der Waals surface area (Å²) in [5.74, 6) is -0.645. The highest BCUT2D eigenvalue weighted by Crippen LogP contribution is 2.44. The van der Waals surface area contributed by atoms with Crippen molar-refractivity contribution < 1.29 is 27.5 Å². The van der Waals surface area contributed by atoms with Crippen molar-refractivity contribution >= 4 is 28.2 Å². The van der Waals surface area contributed by atoms with E-state index >= 15 is 0 Å². The zero-order valence-electron chi connectivity index (χ0n) is 18.1. The molecule has 0 aliphatic heterocycles. The molecule has 0 spiro atoms. The molecule has 1 amide bonds. The Morgan fingerprint density at radius 2 is 2.00 bits per heavy atom. The average Bonchev–Trinajstić information content (AvgIpc) is 3.19. The van der Waals surface area contributed by atoms with Gasteiger partial charge in [0.2, 0.25) is 5.91 Å². The lowest BCUT2D eigenvalue weighted by atomic mass is 9.72. The van der Waals surface area contributed by atoms with Crippen molar-refractivity contribution in [3.63, 3.8) is 0 Å². The lowest BCUT2D eigenvalue weighted by molar-refractivity contribution is -0.141. The molecule has 170 valence electrons. The van der Waals surface area contributed by atoms with Crippen LogP contribution in [0, 0.1) is 18.3 Å². The predicted octanol–water partition coefficient (Wildman–Crippen LogP) is 4.85. The van der Waals surface area contributed by atoms with Crippen LogP contribution < -0.4 is 5.32 Å². The van der Waals surface area contributed by atoms with Crippen molar-refractivity contribution in [1.82, 2.24) is 9.78 Å². The molecule has 0 aromatic carbocycles. The minimum atomic E-state index is -4.58. The number of amides is 1. The van der Waals surface area contributed by atoms with Gasteiger partial charge in [-0.05, 0) is 49.1 Å². The van der Waals surface area contributed by atoms with Crippen LogP contribution in [0.2, 0.25) is 0 Å². The fourth-order valence-corrected chi connectivity index (χ4v) is 5.17. The molecule has 1 aliphatic carbocycles. The van der Waals surface area contributed by atoms with E-state index in [1.54, 1.807) is 0 Å². The number of carbonyl (C=O) groups excluding carboxylic acids is 2. The highest BCUT2D eigenvalue weighted by molar-refractivity contribution is 7.17. The second kappa shape index (κ2) is 8.29. The van der Waals surface area contributed by atoms with Crippen molar-refractivity contribution in [1.29, 1.82) is 0 Å². The van der Waals surface area contributed by atoms with Crippen LogP contribution in [0.5, 0.6) is 0 Å². The summed E-state index contributed by atoms with van der Waals surface area (Å²) in [7, 11) is 1.28. The number of nitrogens with zero attached hydrogens (tertiary/aromatic N) is 2. The molecule has 0 fully saturated rings. The summed E-state index contributed by atoms with van der Waals surface area (Å²) in [6.07, 6.45) is -2.14. The smallest absolute Gasteiger partial charge is 0.435 e. The molecule has 2 heterocycles. The average molecular weight is 458 g/mol. The lowest BCUT2D eigenvalue weighted by Crippen LogP contribution is -2.26. The Labute approximate surface area is 182 Å². The number of hydrogen-bond acceptors (Lipinski definition) is 5. The third-order valence-corrected chi connectivity index (χ3v) is 6.87. The van der Waals surface area contributed by atoms with Crippen molar-refractivity contribution in [2.24, 2.45) is 11.3 Å². The quantitative estimate of drug-likeness (QED) is 0.667. The lowest BCUT2D eigenvalue weighted by Gasteiger charge is -2.33. The number of ether oxygens (including phenoxy) is 1. The normalized spacial score (nSPS) is 16.7. The number of halogens is 3. The third kappa shape index (κ3) is 4.94. The SMILES string of the molecule is COC(=O)c1c(NC(=O)Cn2nc(C(F)(F)F)cc2C)sc2c1CC[C@H](C(C)(C)C)C2. The van der Waals surface area contributed by atoms with E-state index in [0.29, 0.717) is 22.9 Å². The number of anilines is 1. The number of esters is 1. The molecule has 2 aromatic rings. The number of aryl methyl sites for hydroxylation is 1. The van der Waals surface area contributed by atoms with Gasteiger partial charge < -0.3 is 10.1 Å². The van der Waals surface area contributed by atoms with Gasteiger partial charge in [0.15, 0.2) is 5.69 Å². The van der Waals surface area contributed by atoms with Gasteiger partial charge >= 0.3 is 12.1 Å². The van der Waals surface area contributed by atoms with E-state index in [1.165, 1.54) is 25.4 Å². The van der Waals surface area contributed by atoms with Crippen molar-refractivity contribution in [2.45, 2.75) is 59.7 Å². The predicted molar refractivity (Wildman–Crippen MR) is 111 cm³/mol. The maximum absolute atomic E-state index is 12.9. The molecule has 3 rings (SSSR count). The molecule has 0 saturated carbocycles. The van der Waals surface area contributed by atoms with Crippen LogP contribution in [-0.2, 0) is 35.1 Å². The number of alkyl halides is 3. The third-order valence-electron chi connectivity index (χ3n) is 5.70. The number of methoxy groups -OCH3 is 1. The van der Waals surface area contributed by atoms with Crippen LogP contribution in [0.4, 0.5) is 18.2 Å². The monoisotopic (exact) mass is 457 g/mol. The minimum Gasteiger partial charge on any atom is -0.465 e. The summed E-state index contributed by atoms with van der Waals surface area (Å²) < 4.78 is 44.5. The largest absolute Gasteiger partial charge is 0.465 e. The molecular formula is C21H26F3N3O3S. The Balaban J connectivity index is 1.84. The van der Waals surface area contributed by atoms with Crippen molar-refractivity contribution in [3.8, 4) is 0 Å². The van der Waals surface area contributed by atoms with E-state index in [2.05, 4.69) is 31.2 Å². The van der Waals surface area contributed by atoms with E-state index in [9.17, 15) is 22.8 Å². The number of fused-ring (bicyclic) bond motifs is 1. The Hall–Kier alpha value is -2.36. The molecule has 10 heteroatoms. The molecule has 1 aliphatic rings. The Kier molecular flexibility index (Phi) is 6.23. The summed E-state index contributed by atoms with van der Waals surface area (Å²) in [5.41, 5.74) is 0.519. The number of hydrogen-bond donors (Lipinski definition) is 1. The number of thiophene rings is 1. The zero-order valence-corrected chi connectivity index (χ0v) is 19.0. The first-order valence-corrected chi connectivity index (χ1v) is 10.8. The van der Waals surface area contributed by atoms with E-state index < -0.39 is 30.3 Å². The molecular weight excluding hydrogens is 431 g/mol. The first-order chi connectivity index (χ1) is 14.3. The molecule has 1 atom stereocenters. The number of aromatic nitrogens is 2. The van der Waals surface area contributed by atoms with Gasteiger partial charge in [0.05, 0.1) is 12.7 Å². The summed E-state index contributed by atoms with van der Waals surface area (Å²) >= 11 is 1.34. The van der Waals surface area contributed by atoms with E-state index in [0.717, 1.165) is 34.0 Å². The minimum absolute atomic E-state index is 0.115. The molecule has 2 aromatic heterocycles. The molecule has 31 heavy (non-hydrogen) atoms. The molecule has 0 unspecified atom stereocenters. The highest BCUT2D eigenvalue weighted by atomic mass is 32.1. The van der Waals surface area contributed by atoms with Crippen LogP contribution in [-0.4, -0.2) is 28.8 Å². The number of nitrogens with one attached hydrogen (secondary N) is 1. The summed E-state index contributed by atoms with van der Waals surface area (Å²) in [6, 6.07) is 0.893. The van der Waals surface area contributed by atoms with Crippen molar-refractivity contribution in [3.05, 3.63) is 33.5 Å². The maximum Gasteiger partial charge on any atom is 0.435 e. The van der Waals surface area contributed by atoms with Gasteiger partial charge in [-0.15, -0.1) is 11.3 Å². The Morgan fingerprint density at radius 1 is 1.32 bits per heavy atom. The number of rotatable bonds is 4. The van der Waals surface area contributed by atoms with Crippen LogP contribution >= 0.6 is 11.3 Å². The van der Waals surface area contributed by atoms with Crippen LogP contribution in [0.25, 0.3) is 0 Å². The van der Waals surface area contributed by atoms with Crippen LogP contribution in [0.1, 0.15) is 59.4 Å². The molecule has 0 radical (unpaired) electrons. The van der Waals surface area contributed by atoms with Gasteiger partial charge in [0, 0.05) is 10.6 Å². The van der Waals surface area contributed by atoms with Crippen LogP contribution in [0.3, 0.4) is 0 Å². The Morgan fingerprint density at radius 3 is 2.55 bits per heavy atom. The fraction of sp³-hybridized carbons (Fsp3) is 0.571. The maximum atomic E-state index is 12.9. The second-order valence-electron chi connectivity index (χ2n) is 8.88. The van der Waals surface area contributed by atoms with E-state index in [1.807, 2.05) is 0 Å². The van der Waals surface area contributed by atoms with Gasteiger partial charge in [0.25, 0.3) is 0 Å². The van der Waals surface area contributed by atoms with Gasteiger partial charge in [0.1, 0.15) is 11.5 Å². The topological polar surface area (TPSA) is 73.2 Å². The summed E-state index contributed by atoms with van der Waals surface area (Å²) in [6.45, 7) is 7.60. The first kappa shape index (κ1) is 23.3. The van der Waals surface area contributed by atoms with Crippen LogP contribution in [0.15, 0.2) is 6.07 Å². The second-order valence-corrected chi connectivity index (χ2v) is 9.98. The molecule has 0 bridgehead atoms. The standard InChI is InChI=1S/C21H26F3N3O3S/c1-11-8-15(21(22,23)24)26-27(11)10-16(28)25-18-17(19(29)30-5)13-7-6-12(20(2,3)4)9-14(13)31-18/h8,12H,6-7,9-10H2,1-5H3,(H,25,28)/t12-/m0/s1. The molecule has 1 N–H and O–H groups in total. The van der Waals surface area contributed by atoms with Gasteiger partial charge in [-0.3, -0.25) is 9.48 Å². The summed E-state index contributed by atoms with van der Waals surface area (Å²) in [5, 5.41) is 6.55. The molecule has 6 nitrogen and oxygen atoms in total.